The van der Waals surface area contributed by atoms with E-state index in [9.17, 15) is 13.6 Å². The van der Waals surface area contributed by atoms with E-state index in [4.69, 9.17) is 0 Å². The maximum atomic E-state index is 13.3. The van der Waals surface area contributed by atoms with E-state index < -0.39 is 12.7 Å². The number of allylic oxidation sites excluding steroid dienone is 1. The van der Waals surface area contributed by atoms with Crippen LogP contribution in [0.5, 0.6) is 0 Å². The zero-order valence-corrected chi connectivity index (χ0v) is 16.5. The summed E-state index contributed by atoms with van der Waals surface area (Å²) >= 11 is 0. The number of likely N-dealkylation sites (tertiary alicyclic amines) is 1. The number of pyridine rings is 1. The molecule has 3 aliphatic heterocycles. The number of hydrazine groups is 1. The molecule has 1 aromatic heterocycles. The van der Waals surface area contributed by atoms with Gasteiger partial charge in [-0.05, 0) is 44.4 Å². The highest BCUT2D eigenvalue weighted by Crippen LogP contribution is 2.31. The van der Waals surface area contributed by atoms with Crippen molar-refractivity contribution in [3.8, 4) is 0 Å². The Labute approximate surface area is 168 Å². The van der Waals surface area contributed by atoms with Crippen molar-refractivity contribution >= 4 is 18.0 Å². The normalized spacial score (nSPS) is 23.6. The van der Waals surface area contributed by atoms with Crippen LogP contribution >= 0.6 is 0 Å². The minimum atomic E-state index is -2.66. The van der Waals surface area contributed by atoms with Crippen LogP contribution < -0.4 is 5.43 Å². The van der Waals surface area contributed by atoms with E-state index in [1.807, 2.05) is 24.8 Å². The molecule has 9 heteroatoms. The molecule has 2 atom stereocenters. The number of aryl methyl sites for hydroxylation is 2. The number of alkyl halides is 2. The molecule has 0 spiro atoms. The number of fused-ring (bicyclic) bond motifs is 1. The van der Waals surface area contributed by atoms with Gasteiger partial charge in [-0.15, -0.1) is 0 Å². The van der Waals surface area contributed by atoms with Gasteiger partial charge in [-0.25, -0.2) is 23.8 Å². The summed E-state index contributed by atoms with van der Waals surface area (Å²) in [5.41, 5.74) is 5.74. The Bertz CT molecular complexity index is 897. The van der Waals surface area contributed by atoms with Crippen molar-refractivity contribution in [3.05, 3.63) is 40.9 Å². The molecule has 1 amide bonds. The lowest BCUT2D eigenvalue weighted by molar-refractivity contribution is 0.0664. The topological polar surface area (TPSA) is 73.2 Å². The van der Waals surface area contributed by atoms with Crippen molar-refractivity contribution in [3.63, 3.8) is 0 Å². The van der Waals surface area contributed by atoms with Gasteiger partial charge in [0.1, 0.15) is 12.1 Å². The van der Waals surface area contributed by atoms with E-state index in [2.05, 4.69) is 20.4 Å². The van der Waals surface area contributed by atoms with Gasteiger partial charge >= 0.3 is 0 Å². The Balaban J connectivity index is 1.56. The SMILES string of the molecule is CCc1cc(C(=O)N2CCCC(C3=CC(C(F)F)=NC4N=CNN34)C2)cc(C)n1. The number of hydrogen-bond acceptors (Lipinski definition) is 6. The summed E-state index contributed by atoms with van der Waals surface area (Å²) in [6, 6.07) is 3.64. The summed E-state index contributed by atoms with van der Waals surface area (Å²) in [7, 11) is 0. The van der Waals surface area contributed by atoms with Crippen molar-refractivity contribution < 1.29 is 13.6 Å². The van der Waals surface area contributed by atoms with E-state index >= 15 is 0 Å². The molecule has 1 saturated heterocycles. The summed E-state index contributed by atoms with van der Waals surface area (Å²) in [6.45, 7) is 5.00. The molecule has 4 rings (SSSR count). The molecule has 3 aliphatic rings. The Morgan fingerprint density at radius 3 is 2.97 bits per heavy atom. The molecule has 29 heavy (non-hydrogen) atoms. The van der Waals surface area contributed by atoms with Crippen LogP contribution in [0.3, 0.4) is 0 Å². The summed E-state index contributed by atoms with van der Waals surface area (Å²) in [6.07, 6.45) is 1.92. The van der Waals surface area contributed by atoms with Crippen LogP contribution in [-0.2, 0) is 6.42 Å². The predicted octanol–water partition coefficient (Wildman–Crippen LogP) is 2.54. The molecular weight excluding hydrogens is 378 g/mol. The van der Waals surface area contributed by atoms with Crippen molar-refractivity contribution in [2.75, 3.05) is 13.1 Å². The second-order valence-corrected chi connectivity index (χ2v) is 7.48. The highest BCUT2D eigenvalue weighted by molar-refractivity contribution is 5.99. The predicted molar refractivity (Wildman–Crippen MR) is 106 cm³/mol. The second kappa shape index (κ2) is 7.88. The van der Waals surface area contributed by atoms with Gasteiger partial charge in [-0.3, -0.25) is 15.2 Å². The fraction of sp³-hybridized carbons (Fsp3) is 0.500. The van der Waals surface area contributed by atoms with Gasteiger partial charge in [0.2, 0.25) is 6.29 Å². The number of halogens is 2. The van der Waals surface area contributed by atoms with Crippen LogP contribution in [0.2, 0.25) is 0 Å². The van der Waals surface area contributed by atoms with E-state index in [-0.39, 0.29) is 17.5 Å². The molecule has 1 aromatic rings. The summed E-state index contributed by atoms with van der Waals surface area (Å²) in [4.78, 5) is 27.5. The molecule has 0 saturated carbocycles. The fourth-order valence-corrected chi connectivity index (χ4v) is 4.05. The first kappa shape index (κ1) is 19.5. The minimum Gasteiger partial charge on any atom is -0.338 e. The number of carbonyl (C=O) groups excluding carboxylic acids is 1. The summed E-state index contributed by atoms with van der Waals surface area (Å²) in [5.74, 6) is -0.113. The molecular formula is C20H24F2N6O. The third kappa shape index (κ3) is 3.86. The van der Waals surface area contributed by atoms with Crippen LogP contribution in [0.25, 0.3) is 0 Å². The second-order valence-electron chi connectivity index (χ2n) is 7.48. The fourth-order valence-electron chi connectivity index (χ4n) is 4.05. The molecule has 0 bridgehead atoms. The standard InChI is InChI=1S/C20H24F2N6O/c1-3-15-8-14(7-12(2)25-15)19(29)27-6-4-5-13(10-27)17-9-16(18(21)22)26-20-23-11-24-28(17)20/h7-9,11,13,18,20H,3-6,10H2,1-2H3,(H,23,24). The maximum Gasteiger partial charge on any atom is 0.280 e. The Kier molecular flexibility index (Phi) is 5.29. The molecule has 4 heterocycles. The monoisotopic (exact) mass is 402 g/mol. The van der Waals surface area contributed by atoms with Crippen molar-refractivity contribution in [2.24, 2.45) is 15.9 Å². The number of nitrogens with zero attached hydrogens (tertiary/aromatic N) is 5. The number of amides is 1. The van der Waals surface area contributed by atoms with Gasteiger partial charge in [-0.2, -0.15) is 0 Å². The van der Waals surface area contributed by atoms with Gasteiger partial charge in [0.05, 0.1) is 0 Å². The number of rotatable bonds is 4. The van der Waals surface area contributed by atoms with Gasteiger partial charge < -0.3 is 4.90 Å². The lowest BCUT2D eigenvalue weighted by Crippen LogP contribution is -2.47. The van der Waals surface area contributed by atoms with E-state index in [1.54, 1.807) is 11.1 Å². The zero-order valence-electron chi connectivity index (χ0n) is 16.5. The summed E-state index contributed by atoms with van der Waals surface area (Å²) in [5, 5.41) is 1.70. The van der Waals surface area contributed by atoms with E-state index in [0.717, 1.165) is 30.7 Å². The highest BCUT2D eigenvalue weighted by atomic mass is 19.3. The maximum absolute atomic E-state index is 13.3. The van der Waals surface area contributed by atoms with Gasteiger partial charge in [0.15, 0.2) is 0 Å². The highest BCUT2D eigenvalue weighted by Gasteiger charge is 2.36. The van der Waals surface area contributed by atoms with Crippen LogP contribution in [0.4, 0.5) is 8.78 Å². The van der Waals surface area contributed by atoms with Gasteiger partial charge in [-0.1, -0.05) is 6.92 Å². The quantitative estimate of drug-likeness (QED) is 0.840. The minimum absolute atomic E-state index is 0.0451. The van der Waals surface area contributed by atoms with Crippen LogP contribution in [0, 0.1) is 12.8 Å². The largest absolute Gasteiger partial charge is 0.338 e. The lowest BCUT2D eigenvalue weighted by atomic mass is 9.92. The third-order valence-electron chi connectivity index (χ3n) is 5.44. The van der Waals surface area contributed by atoms with E-state index in [0.29, 0.717) is 24.4 Å². The average Bonchev–Trinajstić information content (AvgIpc) is 3.20. The van der Waals surface area contributed by atoms with Crippen LogP contribution in [0.1, 0.15) is 41.5 Å². The number of aliphatic imine (C=N–C) groups is 2. The Morgan fingerprint density at radius 1 is 1.38 bits per heavy atom. The smallest absolute Gasteiger partial charge is 0.280 e. The number of carbonyl (C=O) groups is 1. The molecule has 0 aliphatic carbocycles. The van der Waals surface area contributed by atoms with Crippen LogP contribution in [-0.4, -0.2) is 58.7 Å². The molecule has 1 fully saturated rings. The first-order chi connectivity index (χ1) is 14.0. The van der Waals surface area contributed by atoms with Crippen molar-refractivity contribution in [1.29, 1.82) is 0 Å². The van der Waals surface area contributed by atoms with E-state index in [1.165, 1.54) is 12.4 Å². The Morgan fingerprint density at radius 2 is 2.21 bits per heavy atom. The molecule has 1 N–H and O–H groups in total. The summed E-state index contributed by atoms with van der Waals surface area (Å²) < 4.78 is 26.6. The molecule has 7 nitrogen and oxygen atoms in total. The van der Waals surface area contributed by atoms with Crippen LogP contribution in [0.15, 0.2) is 33.9 Å². The first-order valence-electron chi connectivity index (χ1n) is 9.87. The number of piperidine rings is 1. The zero-order chi connectivity index (χ0) is 20.5. The first-order valence-corrected chi connectivity index (χ1v) is 9.87. The molecule has 154 valence electrons. The average molecular weight is 402 g/mol. The third-order valence-corrected chi connectivity index (χ3v) is 5.44. The number of aromatic nitrogens is 1. The lowest BCUT2D eigenvalue weighted by Gasteiger charge is -2.39. The van der Waals surface area contributed by atoms with Gasteiger partial charge in [0.25, 0.3) is 12.3 Å². The number of nitrogens with one attached hydrogen (secondary N) is 1. The van der Waals surface area contributed by atoms with Crippen molar-refractivity contribution in [2.45, 2.75) is 45.8 Å². The number of hydrogen-bond donors (Lipinski definition) is 1. The molecule has 0 radical (unpaired) electrons. The Hall–Kier alpha value is -2.84. The molecule has 0 aromatic carbocycles. The van der Waals surface area contributed by atoms with Gasteiger partial charge in [0, 0.05) is 41.7 Å². The van der Waals surface area contributed by atoms with Crippen molar-refractivity contribution in [1.82, 2.24) is 20.3 Å². The molecule has 2 unspecified atom stereocenters.